The van der Waals surface area contributed by atoms with Crippen LogP contribution in [0.5, 0.6) is 0 Å². The highest BCUT2D eigenvalue weighted by Crippen LogP contribution is 2.35. The number of halogens is 2. The molecule has 1 amide bonds. The van der Waals surface area contributed by atoms with Crippen LogP contribution in [0.2, 0.25) is 0 Å². The minimum Gasteiger partial charge on any atom is -0.366 e. The molecule has 3 aromatic carbocycles. The number of carbonyl (C=O) groups is 1. The number of rotatable bonds is 12. The minimum absolute atomic E-state index is 0.233. The summed E-state index contributed by atoms with van der Waals surface area (Å²) in [6, 6.07) is 17.7. The molecule has 0 radical (unpaired) electrons. The Hall–Kier alpha value is -3.29. The van der Waals surface area contributed by atoms with Crippen LogP contribution in [0.1, 0.15) is 48.6 Å². The minimum atomic E-state index is -0.645. The molecule has 0 spiro atoms. The van der Waals surface area contributed by atoms with Crippen molar-refractivity contribution in [1.29, 1.82) is 0 Å². The third-order valence-electron chi connectivity index (χ3n) is 7.13. The van der Waals surface area contributed by atoms with Gasteiger partial charge in [0.25, 0.3) is 0 Å². The largest absolute Gasteiger partial charge is 0.366 e. The molecule has 0 saturated carbocycles. The van der Waals surface area contributed by atoms with E-state index in [-0.39, 0.29) is 12.3 Å². The van der Waals surface area contributed by atoms with Gasteiger partial charge < -0.3 is 21.3 Å². The first kappa shape index (κ1) is 28.7. The lowest BCUT2D eigenvalue weighted by Gasteiger charge is -2.26. The number of amides is 1. The number of carbonyl (C=O) groups excluding carboxylic acids is 1. The summed E-state index contributed by atoms with van der Waals surface area (Å²) < 4.78 is 27.5. The highest BCUT2D eigenvalue weighted by molar-refractivity contribution is 5.73. The second-order valence-corrected chi connectivity index (χ2v) is 11.1. The highest BCUT2D eigenvalue weighted by Gasteiger charge is 2.25. The van der Waals surface area contributed by atoms with E-state index in [4.69, 9.17) is 5.73 Å². The number of nitrogens with zero attached hydrogens (tertiary/aromatic N) is 1. The number of nitrogens with one attached hydrogen (secondary N) is 2. The predicted molar refractivity (Wildman–Crippen MR) is 154 cm³/mol. The smallest absolute Gasteiger partial charge is 0.217 e. The number of fused-ring (bicyclic) bond motifs is 1. The molecule has 5 nitrogen and oxygen atoms in total. The zero-order valence-electron chi connectivity index (χ0n) is 23.1. The van der Waals surface area contributed by atoms with Gasteiger partial charge in [0, 0.05) is 56.9 Å². The molecule has 1 heterocycles. The van der Waals surface area contributed by atoms with E-state index in [1.807, 2.05) is 6.07 Å². The zero-order chi connectivity index (χ0) is 27.9. The van der Waals surface area contributed by atoms with Gasteiger partial charge in [-0.3, -0.25) is 4.79 Å². The molecule has 0 unspecified atom stereocenters. The summed E-state index contributed by atoms with van der Waals surface area (Å²) >= 11 is 0. The standard InChI is InChI=1S/C32H40F2N4O/c1-21(2)11-24-12-26-9-10-38(20-23-7-5-4-6-8-23)32(26)27(13-24)18-36-19-30(35)31(37-22(3)39)16-25-14-28(33)17-29(34)15-25/h4-8,12-15,17,21,30-31,36H,9-11,16,18-20,35H2,1-3H3,(H,37,39)/t30-,31+/m1/s1. The highest BCUT2D eigenvalue weighted by atomic mass is 19.1. The van der Waals surface area contributed by atoms with Crippen molar-refractivity contribution >= 4 is 11.6 Å². The molecule has 1 aliphatic heterocycles. The SMILES string of the molecule is CC(=O)N[C@@H](Cc1cc(F)cc(F)c1)[C@H](N)CNCc1cc(CC(C)C)cc2c1N(Cc1ccccc1)CC2. The lowest BCUT2D eigenvalue weighted by Crippen LogP contribution is -2.52. The predicted octanol–water partition coefficient (Wildman–Crippen LogP) is 4.89. The third-order valence-corrected chi connectivity index (χ3v) is 7.13. The van der Waals surface area contributed by atoms with Crippen LogP contribution in [0.25, 0.3) is 0 Å². The van der Waals surface area contributed by atoms with Crippen LogP contribution < -0.4 is 21.3 Å². The quantitative estimate of drug-likeness (QED) is 0.310. The molecule has 0 aliphatic carbocycles. The van der Waals surface area contributed by atoms with E-state index in [0.717, 1.165) is 32.0 Å². The molecule has 4 N–H and O–H groups in total. The summed E-state index contributed by atoms with van der Waals surface area (Å²) in [6.07, 6.45) is 2.28. The molecule has 2 atom stereocenters. The molecular formula is C32H40F2N4O. The molecule has 208 valence electrons. The van der Waals surface area contributed by atoms with Gasteiger partial charge in [-0.05, 0) is 65.1 Å². The maximum Gasteiger partial charge on any atom is 0.217 e. The summed E-state index contributed by atoms with van der Waals surface area (Å²) in [5, 5.41) is 6.37. The van der Waals surface area contributed by atoms with Crippen molar-refractivity contribution < 1.29 is 13.6 Å². The number of benzene rings is 3. The second-order valence-electron chi connectivity index (χ2n) is 11.1. The first-order chi connectivity index (χ1) is 18.7. The van der Waals surface area contributed by atoms with Gasteiger partial charge in [-0.15, -0.1) is 0 Å². The Kier molecular flexibility index (Phi) is 9.70. The second kappa shape index (κ2) is 13.2. The summed E-state index contributed by atoms with van der Waals surface area (Å²) in [6.45, 7) is 8.80. The number of nitrogens with two attached hydrogens (primary N) is 1. The first-order valence-corrected chi connectivity index (χ1v) is 13.8. The molecule has 0 fully saturated rings. The van der Waals surface area contributed by atoms with Gasteiger partial charge in [-0.25, -0.2) is 8.78 Å². The van der Waals surface area contributed by atoms with Gasteiger partial charge >= 0.3 is 0 Å². The summed E-state index contributed by atoms with van der Waals surface area (Å²) in [5.41, 5.74) is 13.5. The van der Waals surface area contributed by atoms with Gasteiger partial charge in [0.05, 0.1) is 0 Å². The summed E-state index contributed by atoms with van der Waals surface area (Å²) in [7, 11) is 0. The van der Waals surface area contributed by atoms with Crippen LogP contribution >= 0.6 is 0 Å². The summed E-state index contributed by atoms with van der Waals surface area (Å²) in [5.74, 6) is -0.963. The Balaban J connectivity index is 1.49. The Morgan fingerprint density at radius 3 is 2.33 bits per heavy atom. The Bertz CT molecular complexity index is 1240. The van der Waals surface area contributed by atoms with Crippen LogP contribution in [-0.2, 0) is 37.1 Å². The normalized spacial score (nSPS) is 14.4. The van der Waals surface area contributed by atoms with Crippen LogP contribution in [0, 0.1) is 17.6 Å². The van der Waals surface area contributed by atoms with Crippen molar-refractivity contribution in [2.75, 3.05) is 18.0 Å². The maximum atomic E-state index is 13.7. The molecule has 0 saturated heterocycles. The molecule has 0 bridgehead atoms. The summed E-state index contributed by atoms with van der Waals surface area (Å²) in [4.78, 5) is 14.3. The van der Waals surface area contributed by atoms with E-state index in [0.29, 0.717) is 24.6 Å². The number of hydrogen-bond acceptors (Lipinski definition) is 4. The fourth-order valence-electron chi connectivity index (χ4n) is 5.55. The van der Waals surface area contributed by atoms with Gasteiger partial charge in [-0.1, -0.05) is 56.3 Å². The Morgan fingerprint density at radius 2 is 1.67 bits per heavy atom. The molecule has 1 aliphatic rings. The van der Waals surface area contributed by atoms with E-state index < -0.39 is 23.7 Å². The zero-order valence-corrected chi connectivity index (χ0v) is 23.1. The molecule has 4 rings (SSSR count). The number of anilines is 1. The van der Waals surface area contributed by atoms with Crippen molar-refractivity contribution in [2.45, 2.75) is 65.2 Å². The van der Waals surface area contributed by atoms with Gasteiger partial charge in [0.2, 0.25) is 5.91 Å². The Labute approximate surface area is 230 Å². The van der Waals surface area contributed by atoms with Crippen molar-refractivity contribution in [3.63, 3.8) is 0 Å². The average Bonchev–Trinajstić information content (AvgIpc) is 3.25. The van der Waals surface area contributed by atoms with E-state index in [1.165, 1.54) is 47.0 Å². The lowest BCUT2D eigenvalue weighted by atomic mass is 9.96. The van der Waals surface area contributed by atoms with Crippen molar-refractivity contribution in [1.82, 2.24) is 10.6 Å². The average molecular weight is 535 g/mol. The van der Waals surface area contributed by atoms with Crippen LogP contribution in [0.4, 0.5) is 14.5 Å². The lowest BCUT2D eigenvalue weighted by molar-refractivity contribution is -0.119. The molecule has 39 heavy (non-hydrogen) atoms. The maximum absolute atomic E-state index is 13.7. The van der Waals surface area contributed by atoms with Crippen LogP contribution in [-0.4, -0.2) is 31.1 Å². The van der Waals surface area contributed by atoms with E-state index in [2.05, 4.69) is 65.8 Å². The van der Waals surface area contributed by atoms with Crippen LogP contribution in [0.3, 0.4) is 0 Å². The number of hydrogen-bond donors (Lipinski definition) is 3. The third kappa shape index (κ3) is 8.10. The van der Waals surface area contributed by atoms with Crippen molar-refractivity contribution in [3.05, 3.63) is 100 Å². The fraction of sp³-hybridized carbons (Fsp3) is 0.406. The first-order valence-electron chi connectivity index (χ1n) is 13.8. The molecule has 3 aromatic rings. The van der Waals surface area contributed by atoms with Gasteiger partial charge in [0.15, 0.2) is 0 Å². The van der Waals surface area contributed by atoms with E-state index in [9.17, 15) is 13.6 Å². The van der Waals surface area contributed by atoms with Crippen molar-refractivity contribution in [2.24, 2.45) is 11.7 Å². The van der Waals surface area contributed by atoms with E-state index >= 15 is 0 Å². The molecule has 0 aromatic heterocycles. The molecular weight excluding hydrogens is 494 g/mol. The van der Waals surface area contributed by atoms with Gasteiger partial charge in [0.1, 0.15) is 11.6 Å². The fourth-order valence-corrected chi connectivity index (χ4v) is 5.55. The Morgan fingerprint density at radius 1 is 0.974 bits per heavy atom. The van der Waals surface area contributed by atoms with E-state index in [1.54, 1.807) is 0 Å². The molecule has 7 heteroatoms. The monoisotopic (exact) mass is 534 g/mol. The topological polar surface area (TPSA) is 70.4 Å². The van der Waals surface area contributed by atoms with Gasteiger partial charge in [-0.2, -0.15) is 0 Å². The van der Waals surface area contributed by atoms with Crippen LogP contribution in [0.15, 0.2) is 60.7 Å². The van der Waals surface area contributed by atoms with Crippen molar-refractivity contribution in [3.8, 4) is 0 Å².